The summed E-state index contributed by atoms with van der Waals surface area (Å²) in [6, 6.07) is 9.66. The quantitative estimate of drug-likeness (QED) is 0.756. The van der Waals surface area contributed by atoms with Gasteiger partial charge in [0.2, 0.25) is 0 Å². The molecule has 0 aliphatic rings. The Kier molecular flexibility index (Phi) is 2.55. The Morgan fingerprint density at radius 1 is 1.29 bits per heavy atom. The summed E-state index contributed by atoms with van der Waals surface area (Å²) in [5.41, 5.74) is 2.08. The van der Waals surface area contributed by atoms with Gasteiger partial charge in [-0.25, -0.2) is 0 Å². The molecule has 0 spiro atoms. The molecule has 0 unspecified atom stereocenters. The Labute approximate surface area is 87.5 Å². The van der Waals surface area contributed by atoms with Crippen LogP contribution in [0.3, 0.4) is 0 Å². The van der Waals surface area contributed by atoms with Crippen LogP contribution in [0.4, 0.5) is 0 Å². The molecule has 0 aliphatic heterocycles. The zero-order valence-electron chi connectivity index (χ0n) is 7.83. The molecule has 0 amide bonds. The van der Waals surface area contributed by atoms with E-state index in [9.17, 15) is 0 Å². The zero-order chi connectivity index (χ0) is 9.97. The SMILES string of the molecule is Cc1cc(Cc2ccc(Cl)cc2)on1. The van der Waals surface area contributed by atoms with Crippen LogP contribution < -0.4 is 0 Å². The molecule has 72 valence electrons. The van der Waals surface area contributed by atoms with Crippen molar-refractivity contribution in [1.29, 1.82) is 0 Å². The zero-order valence-corrected chi connectivity index (χ0v) is 8.58. The summed E-state index contributed by atoms with van der Waals surface area (Å²) < 4.78 is 5.12. The Morgan fingerprint density at radius 3 is 2.57 bits per heavy atom. The first-order chi connectivity index (χ1) is 6.74. The fraction of sp³-hybridized carbons (Fsp3) is 0.182. The maximum absolute atomic E-state index is 5.78. The van der Waals surface area contributed by atoms with Gasteiger partial charge >= 0.3 is 0 Å². The van der Waals surface area contributed by atoms with Gasteiger partial charge in [0.05, 0.1) is 5.69 Å². The molecule has 0 bridgehead atoms. The highest BCUT2D eigenvalue weighted by atomic mass is 35.5. The van der Waals surface area contributed by atoms with Gasteiger partial charge in [0, 0.05) is 17.5 Å². The minimum Gasteiger partial charge on any atom is -0.361 e. The molecule has 0 atom stereocenters. The lowest BCUT2D eigenvalue weighted by atomic mass is 10.1. The van der Waals surface area contributed by atoms with E-state index in [0.29, 0.717) is 0 Å². The molecule has 2 nitrogen and oxygen atoms in total. The Bertz CT molecular complexity index is 419. The van der Waals surface area contributed by atoms with Crippen molar-refractivity contribution in [2.75, 3.05) is 0 Å². The monoisotopic (exact) mass is 207 g/mol. The van der Waals surface area contributed by atoms with Crippen LogP contribution in [0, 0.1) is 6.92 Å². The fourth-order valence-electron chi connectivity index (χ4n) is 1.30. The number of benzene rings is 1. The molecule has 14 heavy (non-hydrogen) atoms. The van der Waals surface area contributed by atoms with Gasteiger partial charge in [-0.1, -0.05) is 28.9 Å². The second kappa shape index (κ2) is 3.84. The predicted molar refractivity (Wildman–Crippen MR) is 55.5 cm³/mol. The number of hydrogen-bond acceptors (Lipinski definition) is 2. The number of rotatable bonds is 2. The van der Waals surface area contributed by atoms with E-state index >= 15 is 0 Å². The maximum atomic E-state index is 5.78. The van der Waals surface area contributed by atoms with Crippen molar-refractivity contribution in [1.82, 2.24) is 5.16 Å². The van der Waals surface area contributed by atoms with Gasteiger partial charge < -0.3 is 4.52 Å². The van der Waals surface area contributed by atoms with Gasteiger partial charge in [0.15, 0.2) is 0 Å². The van der Waals surface area contributed by atoms with Crippen LogP contribution in [-0.2, 0) is 6.42 Å². The summed E-state index contributed by atoms with van der Waals surface area (Å²) in [5.74, 6) is 0.879. The van der Waals surface area contributed by atoms with Gasteiger partial charge in [-0.2, -0.15) is 0 Å². The van der Waals surface area contributed by atoms with E-state index in [-0.39, 0.29) is 0 Å². The minimum absolute atomic E-state index is 0.752. The van der Waals surface area contributed by atoms with Crippen LogP contribution >= 0.6 is 11.6 Å². The summed E-state index contributed by atoms with van der Waals surface area (Å²) in [4.78, 5) is 0. The van der Waals surface area contributed by atoms with Crippen molar-refractivity contribution < 1.29 is 4.52 Å². The van der Waals surface area contributed by atoms with E-state index in [1.165, 1.54) is 5.56 Å². The van der Waals surface area contributed by atoms with E-state index < -0.39 is 0 Å². The van der Waals surface area contributed by atoms with Crippen molar-refractivity contribution >= 4 is 11.6 Å². The summed E-state index contributed by atoms with van der Waals surface area (Å²) in [5, 5.41) is 4.58. The highest BCUT2D eigenvalue weighted by Crippen LogP contribution is 2.13. The third kappa shape index (κ3) is 2.15. The molecule has 0 saturated carbocycles. The Hall–Kier alpha value is -1.28. The lowest BCUT2D eigenvalue weighted by molar-refractivity contribution is 0.385. The standard InChI is InChI=1S/C11H10ClNO/c1-8-6-11(14-13-8)7-9-2-4-10(12)5-3-9/h2-6H,7H2,1H3. The molecule has 0 N–H and O–H groups in total. The van der Waals surface area contributed by atoms with Crippen LogP contribution in [0.15, 0.2) is 34.9 Å². The molecule has 0 radical (unpaired) electrons. The number of aromatic nitrogens is 1. The molecular weight excluding hydrogens is 198 g/mol. The van der Waals surface area contributed by atoms with Gasteiger partial charge in [-0.15, -0.1) is 0 Å². The van der Waals surface area contributed by atoms with Crippen LogP contribution in [0.5, 0.6) is 0 Å². The van der Waals surface area contributed by atoms with Crippen molar-refractivity contribution in [3.63, 3.8) is 0 Å². The molecule has 0 fully saturated rings. The molecule has 3 heteroatoms. The molecule has 0 saturated heterocycles. The van der Waals surface area contributed by atoms with E-state index in [1.807, 2.05) is 37.3 Å². The summed E-state index contributed by atoms with van der Waals surface area (Å²) >= 11 is 5.78. The number of nitrogens with zero attached hydrogens (tertiary/aromatic N) is 1. The van der Waals surface area contributed by atoms with Crippen LogP contribution in [-0.4, -0.2) is 5.16 Å². The molecule has 2 aromatic rings. The third-order valence-electron chi connectivity index (χ3n) is 1.97. The predicted octanol–water partition coefficient (Wildman–Crippen LogP) is 3.23. The summed E-state index contributed by atoms with van der Waals surface area (Å²) in [7, 11) is 0. The largest absolute Gasteiger partial charge is 0.361 e. The minimum atomic E-state index is 0.752. The molecule has 0 aliphatic carbocycles. The lowest BCUT2D eigenvalue weighted by Crippen LogP contribution is -1.84. The highest BCUT2D eigenvalue weighted by Gasteiger charge is 2.01. The summed E-state index contributed by atoms with van der Waals surface area (Å²) in [6.45, 7) is 1.91. The first-order valence-corrected chi connectivity index (χ1v) is 4.78. The molecule has 1 heterocycles. The second-order valence-corrected chi connectivity index (χ2v) is 3.67. The molecule has 1 aromatic heterocycles. The Balaban J connectivity index is 2.15. The smallest absolute Gasteiger partial charge is 0.141 e. The van der Waals surface area contributed by atoms with Crippen LogP contribution in [0.25, 0.3) is 0 Å². The molecule has 1 aromatic carbocycles. The van der Waals surface area contributed by atoms with E-state index in [4.69, 9.17) is 16.1 Å². The maximum Gasteiger partial charge on any atom is 0.141 e. The average molecular weight is 208 g/mol. The van der Waals surface area contributed by atoms with E-state index in [0.717, 1.165) is 22.9 Å². The van der Waals surface area contributed by atoms with Gasteiger partial charge in [-0.3, -0.25) is 0 Å². The number of halogens is 1. The molecular formula is C11H10ClNO. The first-order valence-electron chi connectivity index (χ1n) is 4.41. The van der Waals surface area contributed by atoms with Crippen molar-refractivity contribution in [2.24, 2.45) is 0 Å². The lowest BCUT2D eigenvalue weighted by Gasteiger charge is -1.96. The van der Waals surface area contributed by atoms with Crippen LogP contribution in [0.2, 0.25) is 5.02 Å². The van der Waals surface area contributed by atoms with Crippen molar-refractivity contribution in [3.8, 4) is 0 Å². The van der Waals surface area contributed by atoms with Crippen molar-refractivity contribution in [2.45, 2.75) is 13.3 Å². The summed E-state index contributed by atoms with van der Waals surface area (Å²) in [6.07, 6.45) is 0.762. The average Bonchev–Trinajstić information content (AvgIpc) is 2.56. The van der Waals surface area contributed by atoms with Gasteiger partial charge in [0.25, 0.3) is 0 Å². The van der Waals surface area contributed by atoms with E-state index in [2.05, 4.69) is 5.16 Å². The van der Waals surface area contributed by atoms with Crippen molar-refractivity contribution in [3.05, 3.63) is 52.4 Å². The number of aryl methyl sites for hydroxylation is 1. The van der Waals surface area contributed by atoms with Crippen LogP contribution in [0.1, 0.15) is 17.0 Å². The van der Waals surface area contributed by atoms with Gasteiger partial charge in [0.1, 0.15) is 5.76 Å². The number of hydrogen-bond donors (Lipinski definition) is 0. The highest BCUT2D eigenvalue weighted by molar-refractivity contribution is 6.30. The van der Waals surface area contributed by atoms with Gasteiger partial charge in [-0.05, 0) is 24.6 Å². The first kappa shape index (κ1) is 9.28. The topological polar surface area (TPSA) is 26.0 Å². The second-order valence-electron chi connectivity index (χ2n) is 3.24. The fourth-order valence-corrected chi connectivity index (χ4v) is 1.43. The Morgan fingerprint density at radius 2 is 2.00 bits per heavy atom. The van der Waals surface area contributed by atoms with E-state index in [1.54, 1.807) is 0 Å². The third-order valence-corrected chi connectivity index (χ3v) is 2.22. The normalized spacial score (nSPS) is 10.4. The molecule has 2 rings (SSSR count).